The van der Waals surface area contributed by atoms with E-state index in [4.69, 9.17) is 22.1 Å². The fourth-order valence-electron chi connectivity index (χ4n) is 1.65. The summed E-state index contributed by atoms with van der Waals surface area (Å²) in [7, 11) is -2.22. The first-order valence-corrected chi connectivity index (χ1v) is 7.50. The van der Waals surface area contributed by atoms with Gasteiger partial charge < -0.3 is 10.5 Å². The number of anilines is 2. The number of rotatable bonds is 4. The Labute approximate surface area is 122 Å². The molecule has 0 atom stereocenters. The smallest absolute Gasteiger partial charge is 0.261 e. The van der Waals surface area contributed by atoms with Crippen LogP contribution in [0.2, 0.25) is 5.02 Å². The predicted molar refractivity (Wildman–Crippen MR) is 79.7 cm³/mol. The summed E-state index contributed by atoms with van der Waals surface area (Å²) in [5, 5.41) is 0.349. The van der Waals surface area contributed by atoms with Crippen molar-refractivity contribution in [3.05, 3.63) is 47.5 Å². The Bertz CT molecular complexity index is 732. The number of hydrogen-bond donors (Lipinski definition) is 2. The lowest BCUT2D eigenvalue weighted by molar-refractivity contribution is 0.417. The average molecular weight is 313 g/mol. The van der Waals surface area contributed by atoms with Crippen molar-refractivity contribution in [2.45, 2.75) is 4.90 Å². The third kappa shape index (κ3) is 3.15. The summed E-state index contributed by atoms with van der Waals surface area (Å²) < 4.78 is 31.8. The zero-order chi connectivity index (χ0) is 14.8. The molecule has 0 aromatic heterocycles. The molecule has 0 radical (unpaired) electrons. The molecule has 5 nitrogen and oxygen atoms in total. The van der Waals surface area contributed by atoms with Gasteiger partial charge in [-0.05, 0) is 36.4 Å². The quantitative estimate of drug-likeness (QED) is 0.851. The van der Waals surface area contributed by atoms with E-state index in [2.05, 4.69) is 4.72 Å². The van der Waals surface area contributed by atoms with Crippen molar-refractivity contribution in [3.63, 3.8) is 0 Å². The molecule has 3 N–H and O–H groups in total. The summed E-state index contributed by atoms with van der Waals surface area (Å²) in [6.45, 7) is 0. The van der Waals surface area contributed by atoms with Crippen LogP contribution in [-0.4, -0.2) is 15.5 Å². The monoisotopic (exact) mass is 312 g/mol. The normalized spacial score (nSPS) is 11.1. The second-order valence-electron chi connectivity index (χ2n) is 4.02. The minimum atomic E-state index is -3.70. The van der Waals surface area contributed by atoms with Gasteiger partial charge in [0.15, 0.2) is 0 Å². The molecule has 0 aliphatic rings. The molecule has 0 aliphatic carbocycles. The van der Waals surface area contributed by atoms with Crippen LogP contribution in [0.1, 0.15) is 0 Å². The van der Waals surface area contributed by atoms with Crippen molar-refractivity contribution in [1.82, 2.24) is 0 Å². The van der Waals surface area contributed by atoms with Crippen molar-refractivity contribution < 1.29 is 13.2 Å². The lowest BCUT2D eigenvalue weighted by Crippen LogP contribution is -2.13. The van der Waals surface area contributed by atoms with Crippen molar-refractivity contribution >= 4 is 33.0 Å². The standard InChI is InChI=1S/C13H13ClN2O3S/c1-19-13-6-5-10(8-12(13)15)16-20(17,18)11-4-2-3-9(14)7-11/h2-8,16H,15H2,1H3. The van der Waals surface area contributed by atoms with Crippen LogP contribution < -0.4 is 15.2 Å². The zero-order valence-corrected chi connectivity index (χ0v) is 12.2. The molecule has 0 unspecified atom stereocenters. The number of methoxy groups -OCH3 is 1. The van der Waals surface area contributed by atoms with E-state index in [0.717, 1.165) is 0 Å². The predicted octanol–water partition coefficient (Wildman–Crippen LogP) is 2.73. The Hall–Kier alpha value is -1.92. The summed E-state index contributed by atoms with van der Waals surface area (Å²) in [5.41, 5.74) is 6.43. The van der Waals surface area contributed by atoms with E-state index in [1.165, 1.54) is 25.3 Å². The van der Waals surface area contributed by atoms with Crippen LogP contribution in [0.15, 0.2) is 47.4 Å². The van der Waals surface area contributed by atoms with E-state index in [-0.39, 0.29) is 4.90 Å². The fraction of sp³-hybridized carbons (Fsp3) is 0.0769. The molecule has 0 saturated carbocycles. The average Bonchev–Trinajstić information content (AvgIpc) is 2.38. The van der Waals surface area contributed by atoms with Crippen molar-refractivity contribution in [2.24, 2.45) is 0 Å². The summed E-state index contributed by atoms with van der Waals surface area (Å²) in [6.07, 6.45) is 0. The number of nitrogens with two attached hydrogens (primary N) is 1. The van der Waals surface area contributed by atoms with E-state index in [0.29, 0.717) is 22.1 Å². The largest absolute Gasteiger partial charge is 0.495 e. The molecule has 7 heteroatoms. The SMILES string of the molecule is COc1ccc(NS(=O)(=O)c2cccc(Cl)c2)cc1N. The van der Waals surface area contributed by atoms with Gasteiger partial charge in [0.05, 0.1) is 23.4 Å². The van der Waals surface area contributed by atoms with Gasteiger partial charge in [-0.25, -0.2) is 8.42 Å². The van der Waals surface area contributed by atoms with Crippen LogP contribution >= 0.6 is 11.6 Å². The Morgan fingerprint density at radius 3 is 2.55 bits per heavy atom. The van der Waals surface area contributed by atoms with E-state index < -0.39 is 10.0 Å². The Morgan fingerprint density at radius 2 is 1.95 bits per heavy atom. The molecule has 106 valence electrons. The van der Waals surface area contributed by atoms with Crippen LogP contribution in [0.3, 0.4) is 0 Å². The molecule has 2 aromatic rings. The topological polar surface area (TPSA) is 81.4 Å². The molecule has 2 aromatic carbocycles. The highest BCUT2D eigenvalue weighted by Gasteiger charge is 2.15. The van der Waals surface area contributed by atoms with Gasteiger partial charge in [0.1, 0.15) is 5.75 Å². The zero-order valence-electron chi connectivity index (χ0n) is 10.6. The highest BCUT2D eigenvalue weighted by Crippen LogP contribution is 2.26. The van der Waals surface area contributed by atoms with Crippen LogP contribution in [0, 0.1) is 0 Å². The van der Waals surface area contributed by atoms with Gasteiger partial charge >= 0.3 is 0 Å². The summed E-state index contributed by atoms with van der Waals surface area (Å²) in [5.74, 6) is 0.482. The van der Waals surface area contributed by atoms with Crippen molar-refractivity contribution in [2.75, 3.05) is 17.6 Å². The number of nitrogens with one attached hydrogen (secondary N) is 1. The van der Waals surface area contributed by atoms with E-state index in [9.17, 15) is 8.42 Å². The number of benzene rings is 2. The maximum atomic E-state index is 12.2. The van der Waals surface area contributed by atoms with Crippen LogP contribution in [0.5, 0.6) is 5.75 Å². The van der Waals surface area contributed by atoms with Gasteiger partial charge in [-0.1, -0.05) is 17.7 Å². The molecule has 0 saturated heterocycles. The molecular formula is C13H13ClN2O3S. The van der Waals surface area contributed by atoms with Gasteiger partial charge in [-0.3, -0.25) is 4.72 Å². The first-order chi connectivity index (χ1) is 9.42. The summed E-state index contributed by atoms with van der Waals surface area (Å²) in [6, 6.07) is 10.6. The minimum absolute atomic E-state index is 0.0828. The highest BCUT2D eigenvalue weighted by atomic mass is 35.5. The molecule has 2 rings (SSSR count). The van der Waals surface area contributed by atoms with Crippen LogP contribution in [0.25, 0.3) is 0 Å². The van der Waals surface area contributed by atoms with E-state index in [1.54, 1.807) is 24.3 Å². The van der Waals surface area contributed by atoms with Gasteiger partial charge in [0.2, 0.25) is 0 Å². The molecule has 0 heterocycles. The first kappa shape index (κ1) is 14.5. The lowest BCUT2D eigenvalue weighted by Gasteiger charge is -2.10. The molecule has 0 spiro atoms. The maximum absolute atomic E-state index is 12.2. The number of halogens is 1. The third-order valence-corrected chi connectivity index (χ3v) is 4.20. The van der Waals surface area contributed by atoms with E-state index >= 15 is 0 Å². The second kappa shape index (κ2) is 5.60. The molecule has 0 amide bonds. The number of sulfonamides is 1. The van der Waals surface area contributed by atoms with Crippen molar-refractivity contribution in [3.8, 4) is 5.75 Å². The fourth-order valence-corrected chi connectivity index (χ4v) is 3.00. The third-order valence-electron chi connectivity index (χ3n) is 2.59. The molecule has 0 bridgehead atoms. The summed E-state index contributed by atoms with van der Waals surface area (Å²) >= 11 is 5.79. The van der Waals surface area contributed by atoms with Crippen LogP contribution in [-0.2, 0) is 10.0 Å². The molecule has 0 fully saturated rings. The number of ether oxygens (including phenoxy) is 1. The number of hydrogen-bond acceptors (Lipinski definition) is 4. The van der Waals surface area contributed by atoms with Gasteiger partial charge in [0.25, 0.3) is 10.0 Å². The number of nitrogen functional groups attached to an aromatic ring is 1. The Balaban J connectivity index is 2.31. The van der Waals surface area contributed by atoms with E-state index in [1.807, 2.05) is 0 Å². The van der Waals surface area contributed by atoms with Gasteiger partial charge in [-0.15, -0.1) is 0 Å². The van der Waals surface area contributed by atoms with Crippen molar-refractivity contribution in [1.29, 1.82) is 0 Å². The molecule has 20 heavy (non-hydrogen) atoms. The second-order valence-corrected chi connectivity index (χ2v) is 6.14. The molecule has 0 aliphatic heterocycles. The first-order valence-electron chi connectivity index (χ1n) is 5.64. The Kier molecular flexibility index (Phi) is 4.06. The lowest BCUT2D eigenvalue weighted by atomic mass is 10.2. The maximum Gasteiger partial charge on any atom is 0.261 e. The highest BCUT2D eigenvalue weighted by molar-refractivity contribution is 7.92. The molecular weight excluding hydrogens is 300 g/mol. The van der Waals surface area contributed by atoms with Gasteiger partial charge in [-0.2, -0.15) is 0 Å². The van der Waals surface area contributed by atoms with Crippen LogP contribution in [0.4, 0.5) is 11.4 Å². The van der Waals surface area contributed by atoms with Gasteiger partial charge in [0, 0.05) is 5.02 Å². The Morgan fingerprint density at radius 1 is 1.20 bits per heavy atom. The summed E-state index contributed by atoms with van der Waals surface area (Å²) in [4.78, 5) is 0.0828. The minimum Gasteiger partial charge on any atom is -0.495 e.